The molecule has 0 aliphatic carbocycles. The van der Waals surface area contributed by atoms with Gasteiger partial charge in [0.15, 0.2) is 0 Å². The van der Waals surface area contributed by atoms with Crippen molar-refractivity contribution >= 4 is 22.9 Å². The van der Waals surface area contributed by atoms with Crippen LogP contribution >= 0.6 is 22.9 Å². The summed E-state index contributed by atoms with van der Waals surface area (Å²) >= 11 is 7.46. The summed E-state index contributed by atoms with van der Waals surface area (Å²) in [6, 6.07) is 5.73. The van der Waals surface area contributed by atoms with Crippen LogP contribution in [0.5, 0.6) is 0 Å². The van der Waals surface area contributed by atoms with E-state index in [1.54, 1.807) is 23.5 Å². The highest BCUT2D eigenvalue weighted by Gasteiger charge is 2.34. The zero-order chi connectivity index (χ0) is 16.5. The van der Waals surface area contributed by atoms with Crippen molar-refractivity contribution in [2.45, 2.75) is 32.0 Å². The molecular weight excluding hydrogens is 345 g/mol. The van der Waals surface area contributed by atoms with E-state index in [9.17, 15) is 4.39 Å². The summed E-state index contributed by atoms with van der Waals surface area (Å²) in [4.78, 5) is 9.49. The third kappa shape index (κ3) is 3.64. The average Bonchev–Trinajstić information content (AvgIpc) is 2.92. The minimum Gasteiger partial charge on any atom is -0.296 e. The topological polar surface area (TPSA) is 19.4 Å². The lowest BCUT2D eigenvalue weighted by Crippen LogP contribution is -2.43. The van der Waals surface area contributed by atoms with Crippen LogP contribution in [-0.2, 0) is 13.1 Å². The van der Waals surface area contributed by atoms with Gasteiger partial charge in [-0.05, 0) is 36.5 Å². The lowest BCUT2D eigenvalue weighted by molar-refractivity contribution is 0.123. The number of nitrogens with zero attached hydrogens (tertiary/aromatic N) is 3. The molecule has 1 aromatic heterocycles. The van der Waals surface area contributed by atoms with Crippen molar-refractivity contribution in [2.24, 2.45) is 5.92 Å². The predicted molar refractivity (Wildman–Crippen MR) is 95.7 cm³/mol. The molecule has 3 saturated heterocycles. The van der Waals surface area contributed by atoms with Crippen LogP contribution in [0, 0.1) is 11.7 Å². The largest absolute Gasteiger partial charge is 0.296 e. The molecule has 0 spiro atoms. The highest BCUT2D eigenvalue weighted by atomic mass is 35.5. The second-order valence-electron chi connectivity index (χ2n) is 6.95. The van der Waals surface area contributed by atoms with E-state index in [0.29, 0.717) is 12.0 Å². The maximum Gasteiger partial charge on any atom is 0.142 e. The molecule has 2 aromatic rings. The Morgan fingerprint density at radius 3 is 2.92 bits per heavy atom. The van der Waals surface area contributed by atoms with E-state index in [1.807, 2.05) is 11.6 Å². The van der Waals surface area contributed by atoms with E-state index in [-0.39, 0.29) is 10.8 Å². The summed E-state index contributed by atoms with van der Waals surface area (Å²) in [7, 11) is 0. The van der Waals surface area contributed by atoms with Crippen molar-refractivity contribution < 1.29 is 4.39 Å². The van der Waals surface area contributed by atoms with E-state index in [2.05, 4.69) is 20.2 Å². The Bertz CT molecular complexity index is 694. The molecule has 0 saturated carbocycles. The summed E-state index contributed by atoms with van der Waals surface area (Å²) in [5.41, 5.74) is 4.09. The molecule has 3 nitrogen and oxygen atoms in total. The smallest absolute Gasteiger partial charge is 0.142 e. The van der Waals surface area contributed by atoms with Gasteiger partial charge in [-0.2, -0.15) is 0 Å². The van der Waals surface area contributed by atoms with Gasteiger partial charge in [0, 0.05) is 44.1 Å². The van der Waals surface area contributed by atoms with Gasteiger partial charge < -0.3 is 0 Å². The molecule has 0 amide bonds. The summed E-state index contributed by atoms with van der Waals surface area (Å²) in [6.45, 7) is 5.06. The summed E-state index contributed by atoms with van der Waals surface area (Å²) in [5, 5.41) is 2.34. The summed E-state index contributed by atoms with van der Waals surface area (Å²) < 4.78 is 13.7. The minimum atomic E-state index is -0.320. The molecule has 2 unspecified atom stereocenters. The van der Waals surface area contributed by atoms with Gasteiger partial charge in [0.25, 0.3) is 0 Å². The van der Waals surface area contributed by atoms with Gasteiger partial charge >= 0.3 is 0 Å². The second-order valence-corrected chi connectivity index (χ2v) is 8.07. The Morgan fingerprint density at radius 2 is 2.12 bits per heavy atom. The number of hydrogen-bond donors (Lipinski definition) is 0. The van der Waals surface area contributed by atoms with Gasteiger partial charge in [-0.3, -0.25) is 9.80 Å². The van der Waals surface area contributed by atoms with Crippen LogP contribution in [0.4, 0.5) is 4.39 Å². The van der Waals surface area contributed by atoms with Gasteiger partial charge in [-0.1, -0.05) is 17.7 Å². The Hall–Kier alpha value is -1.01. The summed E-state index contributed by atoms with van der Waals surface area (Å²) in [5.74, 6) is 0.374. The van der Waals surface area contributed by atoms with E-state index in [0.717, 1.165) is 38.3 Å². The van der Waals surface area contributed by atoms with Crippen molar-refractivity contribution in [3.8, 4) is 0 Å². The van der Waals surface area contributed by atoms with Gasteiger partial charge in [0.1, 0.15) is 5.82 Å². The van der Waals surface area contributed by atoms with Crippen molar-refractivity contribution in [1.82, 2.24) is 14.8 Å². The first-order chi connectivity index (χ1) is 11.7. The first-order valence-corrected chi connectivity index (χ1v) is 9.77. The fraction of sp³-hybridized carbons (Fsp3) is 0.500. The van der Waals surface area contributed by atoms with Crippen molar-refractivity contribution in [3.05, 3.63) is 51.2 Å². The van der Waals surface area contributed by atoms with Gasteiger partial charge in [-0.15, -0.1) is 11.3 Å². The first kappa shape index (κ1) is 16.5. The fourth-order valence-electron chi connectivity index (χ4n) is 4.02. The highest BCUT2D eigenvalue weighted by molar-refractivity contribution is 7.07. The Kier molecular flexibility index (Phi) is 4.86. The van der Waals surface area contributed by atoms with Gasteiger partial charge in [0.05, 0.1) is 16.2 Å². The van der Waals surface area contributed by atoms with Crippen LogP contribution in [0.3, 0.4) is 0 Å². The molecule has 4 heterocycles. The number of hydrogen-bond acceptors (Lipinski definition) is 4. The number of fused-ring (bicyclic) bond motifs is 4. The number of benzene rings is 1. The van der Waals surface area contributed by atoms with Crippen molar-refractivity contribution in [3.63, 3.8) is 0 Å². The zero-order valence-electron chi connectivity index (χ0n) is 13.5. The Labute approximate surface area is 151 Å². The van der Waals surface area contributed by atoms with Crippen LogP contribution in [0.2, 0.25) is 5.02 Å². The van der Waals surface area contributed by atoms with E-state index in [4.69, 9.17) is 11.6 Å². The minimum absolute atomic E-state index is 0.200. The third-order valence-corrected chi connectivity index (χ3v) is 6.08. The Balaban J connectivity index is 1.45. The predicted octanol–water partition coefficient (Wildman–Crippen LogP) is 4.03. The van der Waals surface area contributed by atoms with Crippen molar-refractivity contribution in [1.29, 1.82) is 0 Å². The van der Waals surface area contributed by atoms with Crippen LogP contribution < -0.4 is 0 Å². The monoisotopic (exact) mass is 365 g/mol. The molecule has 128 valence electrons. The highest BCUT2D eigenvalue weighted by Crippen LogP contribution is 2.30. The molecule has 5 rings (SSSR count). The number of halogens is 2. The number of aromatic nitrogens is 1. The second kappa shape index (κ2) is 7.08. The maximum absolute atomic E-state index is 13.7. The lowest BCUT2D eigenvalue weighted by atomic mass is 9.94. The van der Waals surface area contributed by atoms with Gasteiger partial charge in [0.2, 0.25) is 0 Å². The Morgan fingerprint density at radius 1 is 1.21 bits per heavy atom. The zero-order valence-corrected chi connectivity index (χ0v) is 15.1. The molecule has 0 N–H and O–H groups in total. The third-order valence-electron chi connectivity index (χ3n) is 5.14. The fourth-order valence-corrected chi connectivity index (χ4v) is 4.68. The molecular formula is C18H21ClFN3S. The quantitative estimate of drug-likeness (QED) is 0.815. The molecule has 2 atom stereocenters. The first-order valence-electron chi connectivity index (χ1n) is 8.45. The number of thiazole rings is 1. The van der Waals surface area contributed by atoms with Crippen LogP contribution in [0.15, 0.2) is 29.1 Å². The van der Waals surface area contributed by atoms with E-state index in [1.165, 1.54) is 18.5 Å². The maximum atomic E-state index is 13.7. The number of rotatable bonds is 4. The molecule has 0 radical (unpaired) electrons. The lowest BCUT2D eigenvalue weighted by Gasteiger charge is -2.36. The SMILES string of the molecule is Fc1cc(CN2CC3CCC2CN(Cc2cscn2)C3)ccc1Cl. The molecule has 6 heteroatoms. The van der Waals surface area contributed by atoms with Crippen LogP contribution in [0.25, 0.3) is 0 Å². The van der Waals surface area contributed by atoms with Crippen LogP contribution in [0.1, 0.15) is 24.1 Å². The van der Waals surface area contributed by atoms with E-state index >= 15 is 0 Å². The van der Waals surface area contributed by atoms with Crippen molar-refractivity contribution in [2.75, 3.05) is 19.6 Å². The van der Waals surface area contributed by atoms with Gasteiger partial charge in [-0.25, -0.2) is 9.37 Å². The molecule has 3 fully saturated rings. The average molecular weight is 366 g/mol. The van der Waals surface area contributed by atoms with E-state index < -0.39 is 0 Å². The molecule has 2 bridgehead atoms. The number of piperidine rings is 1. The standard InChI is InChI=1S/C18H21ClFN3S/c19-17-4-2-13(5-18(17)20)7-23-8-14-1-3-16(23)10-22(6-14)9-15-11-24-12-21-15/h2,4-5,11-12,14,16H,1,3,6-10H2. The molecule has 1 aromatic carbocycles. The van der Waals surface area contributed by atoms with Crippen LogP contribution in [-0.4, -0.2) is 40.5 Å². The summed E-state index contributed by atoms with van der Waals surface area (Å²) in [6.07, 6.45) is 2.53. The molecule has 3 aliphatic rings. The normalized spacial score (nSPS) is 25.1. The molecule has 24 heavy (non-hydrogen) atoms. The molecule has 3 aliphatic heterocycles.